The molecule has 1 heterocycles. The van der Waals surface area contributed by atoms with Crippen molar-refractivity contribution in [2.75, 3.05) is 38.3 Å². The molecule has 0 bridgehead atoms. The van der Waals surface area contributed by atoms with Gasteiger partial charge >= 0.3 is 0 Å². The van der Waals surface area contributed by atoms with Gasteiger partial charge in [0.1, 0.15) is 5.82 Å². The van der Waals surface area contributed by atoms with Gasteiger partial charge in [-0.05, 0) is 37.9 Å². The average Bonchev–Trinajstić information content (AvgIpc) is 2.93. The highest BCUT2D eigenvalue weighted by Gasteiger charge is 2.27. The SMILES string of the molecule is CCCNC(C)c1cccc(F)c1N1CCC(COC)C1. The number of halogens is 1. The highest BCUT2D eigenvalue weighted by molar-refractivity contribution is 5.57. The topological polar surface area (TPSA) is 24.5 Å². The van der Waals surface area contributed by atoms with Crippen LogP contribution in [0.4, 0.5) is 10.1 Å². The number of methoxy groups -OCH3 is 1. The molecule has 1 fully saturated rings. The molecule has 4 heteroatoms. The van der Waals surface area contributed by atoms with E-state index in [1.54, 1.807) is 19.2 Å². The van der Waals surface area contributed by atoms with Gasteiger partial charge in [-0.3, -0.25) is 0 Å². The van der Waals surface area contributed by atoms with Gasteiger partial charge in [0.15, 0.2) is 0 Å². The number of nitrogens with one attached hydrogen (secondary N) is 1. The summed E-state index contributed by atoms with van der Waals surface area (Å²) in [4.78, 5) is 2.18. The zero-order valence-electron chi connectivity index (χ0n) is 13.4. The lowest BCUT2D eigenvalue weighted by Crippen LogP contribution is -2.27. The minimum atomic E-state index is -0.115. The molecule has 0 aliphatic carbocycles. The van der Waals surface area contributed by atoms with Gasteiger partial charge in [-0.2, -0.15) is 0 Å². The summed E-state index contributed by atoms with van der Waals surface area (Å²) in [5.41, 5.74) is 1.83. The normalized spacial score (nSPS) is 20.0. The monoisotopic (exact) mass is 294 g/mol. The van der Waals surface area contributed by atoms with Gasteiger partial charge in [-0.25, -0.2) is 4.39 Å². The quantitative estimate of drug-likeness (QED) is 0.834. The molecule has 1 aromatic rings. The average molecular weight is 294 g/mol. The molecule has 0 amide bonds. The Labute approximate surface area is 127 Å². The molecule has 0 radical (unpaired) electrons. The Morgan fingerprint density at radius 2 is 2.29 bits per heavy atom. The standard InChI is InChI=1S/C17H27FN2O/c1-4-9-19-13(2)15-6-5-7-16(18)17(15)20-10-8-14(11-20)12-21-3/h5-7,13-14,19H,4,8-12H2,1-3H3. The smallest absolute Gasteiger partial charge is 0.146 e. The van der Waals surface area contributed by atoms with Crippen molar-refractivity contribution in [1.82, 2.24) is 5.32 Å². The molecule has 118 valence electrons. The van der Waals surface area contributed by atoms with Crippen molar-refractivity contribution < 1.29 is 9.13 Å². The van der Waals surface area contributed by atoms with Crippen LogP contribution in [0, 0.1) is 11.7 Å². The Morgan fingerprint density at radius 3 is 3.00 bits per heavy atom. The largest absolute Gasteiger partial charge is 0.384 e. The molecule has 0 saturated carbocycles. The van der Waals surface area contributed by atoms with E-state index in [9.17, 15) is 4.39 Å². The van der Waals surface area contributed by atoms with Crippen molar-refractivity contribution in [3.05, 3.63) is 29.6 Å². The number of rotatable bonds is 7. The predicted octanol–water partition coefficient (Wildman–Crippen LogP) is 3.36. The highest BCUT2D eigenvalue weighted by Crippen LogP contribution is 2.33. The lowest BCUT2D eigenvalue weighted by molar-refractivity contribution is 0.161. The van der Waals surface area contributed by atoms with Crippen LogP contribution in [-0.2, 0) is 4.74 Å². The third-order valence-electron chi connectivity index (χ3n) is 4.19. The maximum atomic E-state index is 14.4. The zero-order valence-corrected chi connectivity index (χ0v) is 13.4. The van der Waals surface area contributed by atoms with Gasteiger partial charge in [0.2, 0.25) is 0 Å². The summed E-state index contributed by atoms with van der Waals surface area (Å²) in [6.07, 6.45) is 2.15. The summed E-state index contributed by atoms with van der Waals surface area (Å²) in [5.74, 6) is 0.386. The van der Waals surface area contributed by atoms with Crippen molar-refractivity contribution in [1.29, 1.82) is 0 Å². The van der Waals surface area contributed by atoms with E-state index >= 15 is 0 Å². The first kappa shape index (κ1) is 16.2. The van der Waals surface area contributed by atoms with Crippen molar-refractivity contribution in [2.45, 2.75) is 32.7 Å². The van der Waals surface area contributed by atoms with Crippen LogP contribution in [0.3, 0.4) is 0 Å². The number of anilines is 1. The van der Waals surface area contributed by atoms with Gasteiger partial charge < -0.3 is 15.0 Å². The van der Waals surface area contributed by atoms with E-state index in [1.807, 2.05) is 6.07 Å². The molecule has 21 heavy (non-hydrogen) atoms. The number of ether oxygens (including phenoxy) is 1. The minimum Gasteiger partial charge on any atom is -0.384 e. The Kier molecular flexibility index (Phi) is 6.00. The van der Waals surface area contributed by atoms with E-state index in [0.29, 0.717) is 5.92 Å². The molecular weight excluding hydrogens is 267 g/mol. The highest BCUT2D eigenvalue weighted by atomic mass is 19.1. The van der Waals surface area contributed by atoms with Crippen LogP contribution < -0.4 is 10.2 Å². The second-order valence-corrected chi connectivity index (χ2v) is 5.91. The molecule has 3 nitrogen and oxygen atoms in total. The van der Waals surface area contributed by atoms with Crippen LogP contribution in [0.25, 0.3) is 0 Å². The summed E-state index contributed by atoms with van der Waals surface area (Å²) < 4.78 is 19.6. The van der Waals surface area contributed by atoms with Crippen LogP contribution in [0.15, 0.2) is 18.2 Å². The summed E-state index contributed by atoms with van der Waals surface area (Å²) in [6, 6.07) is 5.57. The minimum absolute atomic E-state index is 0.115. The Balaban J connectivity index is 2.18. The van der Waals surface area contributed by atoms with Crippen LogP contribution in [0.2, 0.25) is 0 Å². The van der Waals surface area contributed by atoms with Crippen LogP contribution in [0.1, 0.15) is 38.3 Å². The van der Waals surface area contributed by atoms with E-state index in [4.69, 9.17) is 4.74 Å². The first-order valence-electron chi connectivity index (χ1n) is 7.93. The molecule has 1 saturated heterocycles. The summed E-state index contributed by atoms with van der Waals surface area (Å²) in [6.45, 7) is 7.73. The van der Waals surface area contributed by atoms with Crippen molar-refractivity contribution >= 4 is 5.69 Å². The molecule has 1 aliphatic rings. The molecule has 1 aliphatic heterocycles. The maximum Gasteiger partial charge on any atom is 0.146 e. The summed E-state index contributed by atoms with van der Waals surface area (Å²) in [7, 11) is 1.73. The van der Waals surface area contributed by atoms with E-state index in [1.165, 1.54) is 0 Å². The molecule has 2 atom stereocenters. The van der Waals surface area contributed by atoms with E-state index in [0.717, 1.165) is 50.3 Å². The maximum absolute atomic E-state index is 14.4. The fourth-order valence-electron chi connectivity index (χ4n) is 3.09. The van der Waals surface area contributed by atoms with Gasteiger partial charge in [0.05, 0.1) is 12.3 Å². The van der Waals surface area contributed by atoms with Crippen molar-refractivity contribution in [3.63, 3.8) is 0 Å². The molecule has 0 aromatic heterocycles. The molecule has 1 N–H and O–H groups in total. The number of hydrogen-bond donors (Lipinski definition) is 1. The fourth-order valence-corrected chi connectivity index (χ4v) is 3.09. The molecule has 0 spiro atoms. The van der Waals surface area contributed by atoms with Gasteiger partial charge in [0, 0.05) is 32.2 Å². The molecule has 2 unspecified atom stereocenters. The molecular formula is C17H27FN2O. The van der Waals surface area contributed by atoms with Crippen LogP contribution in [-0.4, -0.2) is 33.4 Å². The lowest BCUT2D eigenvalue weighted by Gasteiger charge is -2.26. The first-order chi connectivity index (χ1) is 10.2. The van der Waals surface area contributed by atoms with E-state index < -0.39 is 0 Å². The second kappa shape index (κ2) is 7.76. The lowest BCUT2D eigenvalue weighted by atomic mass is 10.0. The number of nitrogens with zero attached hydrogens (tertiary/aromatic N) is 1. The number of hydrogen-bond acceptors (Lipinski definition) is 3. The van der Waals surface area contributed by atoms with Gasteiger partial charge in [-0.1, -0.05) is 19.1 Å². The second-order valence-electron chi connectivity index (χ2n) is 5.91. The molecule has 1 aromatic carbocycles. The van der Waals surface area contributed by atoms with E-state index in [-0.39, 0.29) is 11.9 Å². The van der Waals surface area contributed by atoms with Crippen LogP contribution in [0.5, 0.6) is 0 Å². The zero-order chi connectivity index (χ0) is 15.2. The first-order valence-corrected chi connectivity index (χ1v) is 7.93. The van der Waals surface area contributed by atoms with E-state index in [2.05, 4.69) is 24.1 Å². The summed E-state index contributed by atoms with van der Waals surface area (Å²) in [5, 5.41) is 3.46. The van der Waals surface area contributed by atoms with Gasteiger partial charge in [-0.15, -0.1) is 0 Å². The number of para-hydroxylation sites is 1. The summed E-state index contributed by atoms with van der Waals surface area (Å²) >= 11 is 0. The Morgan fingerprint density at radius 1 is 1.48 bits per heavy atom. The van der Waals surface area contributed by atoms with Crippen LogP contribution >= 0.6 is 0 Å². The van der Waals surface area contributed by atoms with Gasteiger partial charge in [0.25, 0.3) is 0 Å². The third kappa shape index (κ3) is 3.95. The van der Waals surface area contributed by atoms with Crippen molar-refractivity contribution in [3.8, 4) is 0 Å². The Bertz CT molecular complexity index is 452. The molecule has 2 rings (SSSR count). The Hall–Kier alpha value is -1.13. The fraction of sp³-hybridized carbons (Fsp3) is 0.647. The number of benzene rings is 1. The predicted molar refractivity (Wildman–Crippen MR) is 85.3 cm³/mol. The van der Waals surface area contributed by atoms with Crippen molar-refractivity contribution in [2.24, 2.45) is 5.92 Å². The third-order valence-corrected chi connectivity index (χ3v) is 4.19.